The van der Waals surface area contributed by atoms with Crippen molar-refractivity contribution in [1.29, 1.82) is 0 Å². The molecule has 2 rings (SSSR count). The molecule has 0 saturated carbocycles. The molecule has 0 spiro atoms. The van der Waals surface area contributed by atoms with Crippen LogP contribution in [0.4, 0.5) is 0 Å². The van der Waals surface area contributed by atoms with Gasteiger partial charge in [0.1, 0.15) is 0 Å². The number of nitrogens with zero attached hydrogens (tertiary/aromatic N) is 2. The van der Waals surface area contributed by atoms with Crippen LogP contribution in [0.1, 0.15) is 20.8 Å². The van der Waals surface area contributed by atoms with Crippen LogP contribution in [0.5, 0.6) is 0 Å². The van der Waals surface area contributed by atoms with E-state index in [1.165, 1.54) is 45.8 Å². The van der Waals surface area contributed by atoms with Crippen molar-refractivity contribution < 1.29 is 0 Å². The Morgan fingerprint density at radius 3 is 2.12 bits per heavy atom. The van der Waals surface area contributed by atoms with Crippen molar-refractivity contribution in [2.45, 2.75) is 26.8 Å². The molecule has 2 aliphatic heterocycles. The van der Waals surface area contributed by atoms with Gasteiger partial charge in [-0.25, -0.2) is 0 Å². The smallest absolute Gasteiger partial charge is 0.0113 e. The third-order valence-electron chi connectivity index (χ3n) is 4.30. The first-order chi connectivity index (χ1) is 7.66. The summed E-state index contributed by atoms with van der Waals surface area (Å²) in [4.78, 5) is 5.24. The third-order valence-corrected chi connectivity index (χ3v) is 4.30. The van der Waals surface area contributed by atoms with E-state index in [4.69, 9.17) is 0 Å². The summed E-state index contributed by atoms with van der Waals surface area (Å²) in [5.41, 5.74) is 0. The van der Waals surface area contributed by atoms with Gasteiger partial charge in [-0.05, 0) is 38.8 Å². The maximum Gasteiger partial charge on any atom is 0.0113 e. The molecule has 0 bridgehead atoms. The highest BCUT2D eigenvalue weighted by Gasteiger charge is 2.26. The third kappa shape index (κ3) is 2.96. The standard InChI is InChI=1S/C13H27N3/c1-11(2)16-6-4-15(5-7-16)10-12(3)13-8-14-9-13/h11-14H,4-10H2,1-3H3. The first kappa shape index (κ1) is 12.3. The number of hydrogen-bond donors (Lipinski definition) is 1. The predicted molar refractivity (Wildman–Crippen MR) is 68.7 cm³/mol. The van der Waals surface area contributed by atoms with Gasteiger partial charge in [0.2, 0.25) is 0 Å². The van der Waals surface area contributed by atoms with E-state index >= 15 is 0 Å². The van der Waals surface area contributed by atoms with Crippen LogP contribution in [0.3, 0.4) is 0 Å². The van der Waals surface area contributed by atoms with Crippen molar-refractivity contribution in [2.24, 2.45) is 11.8 Å². The molecule has 0 aromatic rings. The molecule has 1 unspecified atom stereocenters. The fraction of sp³-hybridized carbons (Fsp3) is 1.00. The molecule has 94 valence electrons. The molecule has 16 heavy (non-hydrogen) atoms. The van der Waals surface area contributed by atoms with Crippen LogP contribution in [0, 0.1) is 11.8 Å². The highest BCUT2D eigenvalue weighted by molar-refractivity contribution is 4.83. The van der Waals surface area contributed by atoms with Gasteiger partial charge in [0, 0.05) is 38.8 Å². The van der Waals surface area contributed by atoms with Gasteiger partial charge in [0.25, 0.3) is 0 Å². The fourth-order valence-electron chi connectivity index (χ4n) is 2.73. The Balaban J connectivity index is 1.68. The fourth-order valence-corrected chi connectivity index (χ4v) is 2.73. The van der Waals surface area contributed by atoms with Gasteiger partial charge in [0.05, 0.1) is 0 Å². The highest BCUT2D eigenvalue weighted by Crippen LogP contribution is 2.18. The SMILES string of the molecule is CC(CN1CCN(C(C)C)CC1)C1CNC1. The van der Waals surface area contributed by atoms with Crippen LogP contribution < -0.4 is 5.32 Å². The Morgan fingerprint density at radius 1 is 1.06 bits per heavy atom. The molecule has 2 fully saturated rings. The maximum absolute atomic E-state index is 3.37. The maximum atomic E-state index is 3.37. The second-order valence-electron chi connectivity index (χ2n) is 5.83. The topological polar surface area (TPSA) is 18.5 Å². The Hall–Kier alpha value is -0.120. The van der Waals surface area contributed by atoms with Gasteiger partial charge in [-0.15, -0.1) is 0 Å². The minimum Gasteiger partial charge on any atom is -0.316 e. The Morgan fingerprint density at radius 2 is 1.69 bits per heavy atom. The lowest BCUT2D eigenvalue weighted by molar-refractivity contribution is 0.0837. The predicted octanol–water partition coefficient (Wildman–Crippen LogP) is 0.868. The zero-order chi connectivity index (χ0) is 11.5. The average molecular weight is 225 g/mol. The monoisotopic (exact) mass is 225 g/mol. The molecule has 0 radical (unpaired) electrons. The van der Waals surface area contributed by atoms with Crippen molar-refractivity contribution in [2.75, 3.05) is 45.8 Å². The van der Waals surface area contributed by atoms with Crippen molar-refractivity contribution in [1.82, 2.24) is 15.1 Å². The summed E-state index contributed by atoms with van der Waals surface area (Å²) in [5, 5.41) is 3.37. The van der Waals surface area contributed by atoms with Crippen molar-refractivity contribution in [3.05, 3.63) is 0 Å². The highest BCUT2D eigenvalue weighted by atomic mass is 15.3. The van der Waals surface area contributed by atoms with E-state index in [0.29, 0.717) is 0 Å². The van der Waals surface area contributed by atoms with E-state index in [9.17, 15) is 0 Å². The van der Waals surface area contributed by atoms with Crippen LogP contribution in [0.15, 0.2) is 0 Å². The Labute approximate surface area is 100 Å². The molecule has 1 atom stereocenters. The van der Waals surface area contributed by atoms with Crippen LogP contribution in [-0.2, 0) is 0 Å². The lowest BCUT2D eigenvalue weighted by atomic mass is 9.88. The number of nitrogens with one attached hydrogen (secondary N) is 1. The molecule has 2 aliphatic rings. The zero-order valence-electron chi connectivity index (χ0n) is 11.1. The van der Waals surface area contributed by atoms with Crippen molar-refractivity contribution in [3.63, 3.8) is 0 Å². The average Bonchev–Trinajstić information content (AvgIpc) is 2.15. The largest absolute Gasteiger partial charge is 0.316 e. The van der Waals surface area contributed by atoms with Crippen LogP contribution in [-0.4, -0.2) is 61.7 Å². The normalized spacial score (nSPS) is 27.0. The van der Waals surface area contributed by atoms with Crippen LogP contribution in [0.25, 0.3) is 0 Å². The second kappa shape index (κ2) is 5.48. The van der Waals surface area contributed by atoms with Gasteiger partial charge in [-0.1, -0.05) is 6.92 Å². The summed E-state index contributed by atoms with van der Waals surface area (Å²) < 4.78 is 0. The van der Waals surface area contributed by atoms with E-state index in [1.54, 1.807) is 0 Å². The van der Waals surface area contributed by atoms with Gasteiger partial charge in [0.15, 0.2) is 0 Å². The molecule has 3 nitrogen and oxygen atoms in total. The number of piperazine rings is 1. The van der Waals surface area contributed by atoms with Gasteiger partial charge in [-0.2, -0.15) is 0 Å². The summed E-state index contributed by atoms with van der Waals surface area (Å²) in [6.07, 6.45) is 0. The molecule has 0 amide bonds. The Bertz CT molecular complexity index is 205. The summed E-state index contributed by atoms with van der Waals surface area (Å²) in [6.45, 7) is 15.9. The van der Waals surface area contributed by atoms with E-state index in [2.05, 4.69) is 35.9 Å². The molecule has 2 saturated heterocycles. The summed E-state index contributed by atoms with van der Waals surface area (Å²) in [5.74, 6) is 1.80. The first-order valence-corrected chi connectivity index (χ1v) is 6.84. The molecular formula is C13H27N3. The van der Waals surface area contributed by atoms with Crippen molar-refractivity contribution >= 4 is 0 Å². The molecular weight excluding hydrogens is 198 g/mol. The van der Waals surface area contributed by atoms with E-state index in [-0.39, 0.29) is 0 Å². The first-order valence-electron chi connectivity index (χ1n) is 6.84. The minimum absolute atomic E-state index is 0.718. The molecule has 0 aromatic carbocycles. The molecule has 3 heteroatoms. The molecule has 0 aromatic heterocycles. The lowest BCUT2D eigenvalue weighted by Crippen LogP contribution is -2.52. The van der Waals surface area contributed by atoms with E-state index in [1.807, 2.05) is 0 Å². The molecule has 2 heterocycles. The van der Waals surface area contributed by atoms with Gasteiger partial charge < -0.3 is 10.2 Å². The summed E-state index contributed by atoms with van der Waals surface area (Å²) in [7, 11) is 0. The number of rotatable bonds is 4. The summed E-state index contributed by atoms with van der Waals surface area (Å²) >= 11 is 0. The summed E-state index contributed by atoms with van der Waals surface area (Å²) in [6, 6.07) is 0.718. The van der Waals surface area contributed by atoms with Crippen molar-refractivity contribution in [3.8, 4) is 0 Å². The Kier molecular flexibility index (Phi) is 4.22. The van der Waals surface area contributed by atoms with Crippen LogP contribution >= 0.6 is 0 Å². The van der Waals surface area contributed by atoms with Gasteiger partial charge in [-0.3, -0.25) is 4.90 Å². The van der Waals surface area contributed by atoms with Crippen LogP contribution in [0.2, 0.25) is 0 Å². The zero-order valence-corrected chi connectivity index (χ0v) is 11.1. The quantitative estimate of drug-likeness (QED) is 0.766. The molecule has 0 aliphatic carbocycles. The van der Waals surface area contributed by atoms with E-state index in [0.717, 1.165) is 17.9 Å². The molecule has 1 N–H and O–H groups in total. The second-order valence-corrected chi connectivity index (χ2v) is 5.83. The van der Waals surface area contributed by atoms with E-state index < -0.39 is 0 Å². The van der Waals surface area contributed by atoms with Gasteiger partial charge >= 0.3 is 0 Å². The number of hydrogen-bond acceptors (Lipinski definition) is 3. The lowest BCUT2D eigenvalue weighted by Gasteiger charge is -2.40. The minimum atomic E-state index is 0.718.